The Hall–Kier alpha value is -0.610. The van der Waals surface area contributed by atoms with Crippen LogP contribution in [0.4, 0.5) is 0 Å². The van der Waals surface area contributed by atoms with E-state index in [0.29, 0.717) is 0 Å². The quantitative estimate of drug-likeness (QED) is 0.864. The Bertz CT molecular complexity index is 403. The minimum absolute atomic E-state index is 0.138. The number of aliphatic hydroxyl groups is 1. The van der Waals surface area contributed by atoms with Gasteiger partial charge in [0.25, 0.3) is 0 Å². The fourth-order valence-electron chi connectivity index (χ4n) is 4.97. The first-order chi connectivity index (χ1) is 11.1. The van der Waals surface area contributed by atoms with Crippen molar-refractivity contribution in [3.8, 4) is 0 Å². The summed E-state index contributed by atoms with van der Waals surface area (Å²) in [6.45, 7) is 3.04. The Morgan fingerprint density at radius 2 is 1.83 bits per heavy atom. The van der Waals surface area contributed by atoms with Crippen LogP contribution in [-0.2, 0) is 9.53 Å². The highest BCUT2D eigenvalue weighted by molar-refractivity contribution is 5.78. The van der Waals surface area contributed by atoms with Crippen molar-refractivity contribution in [1.29, 1.82) is 0 Å². The van der Waals surface area contributed by atoms with Crippen molar-refractivity contribution < 1.29 is 14.6 Å². The first-order valence-electron chi connectivity index (χ1n) is 9.71. The van der Waals surface area contributed by atoms with E-state index in [4.69, 9.17) is 4.74 Å². The summed E-state index contributed by atoms with van der Waals surface area (Å²) in [5.41, 5.74) is -0.615. The molecule has 0 aromatic carbocycles. The molecule has 1 aliphatic heterocycles. The number of amides is 1. The molecule has 2 aliphatic carbocycles. The molecule has 1 amide bonds. The lowest BCUT2D eigenvalue weighted by atomic mass is 9.72. The van der Waals surface area contributed by atoms with Crippen molar-refractivity contribution in [2.24, 2.45) is 5.92 Å². The molecule has 3 fully saturated rings. The van der Waals surface area contributed by atoms with E-state index in [2.05, 4.69) is 0 Å². The number of rotatable bonds is 4. The van der Waals surface area contributed by atoms with Crippen LogP contribution >= 0.6 is 0 Å². The van der Waals surface area contributed by atoms with E-state index in [-0.39, 0.29) is 30.6 Å². The van der Waals surface area contributed by atoms with E-state index in [1.165, 1.54) is 25.7 Å². The average molecular weight is 323 g/mol. The maximum Gasteiger partial charge on any atom is 0.248 e. The van der Waals surface area contributed by atoms with E-state index in [1.54, 1.807) is 0 Å². The SMILES string of the molecule is C[C@]1(O)CCCC[C@@H]1[C@H]1CCCN1C(=O)COC1CCCCC1. The van der Waals surface area contributed by atoms with Crippen molar-refractivity contribution in [3.05, 3.63) is 0 Å². The predicted molar refractivity (Wildman–Crippen MR) is 90.1 cm³/mol. The minimum atomic E-state index is -0.615. The maximum atomic E-state index is 12.7. The third-order valence-electron chi connectivity index (χ3n) is 6.33. The highest BCUT2D eigenvalue weighted by atomic mass is 16.5. The summed E-state index contributed by atoms with van der Waals surface area (Å²) in [6.07, 6.45) is 12.6. The zero-order valence-electron chi connectivity index (χ0n) is 14.6. The van der Waals surface area contributed by atoms with Crippen molar-refractivity contribution in [1.82, 2.24) is 4.90 Å². The lowest BCUT2D eigenvalue weighted by Crippen LogP contribution is -2.51. The van der Waals surface area contributed by atoms with E-state index < -0.39 is 5.60 Å². The Kier molecular flexibility index (Phi) is 5.63. The van der Waals surface area contributed by atoms with Crippen LogP contribution < -0.4 is 0 Å². The van der Waals surface area contributed by atoms with E-state index in [9.17, 15) is 9.90 Å². The largest absolute Gasteiger partial charge is 0.390 e. The van der Waals surface area contributed by atoms with Gasteiger partial charge in [-0.05, 0) is 45.4 Å². The van der Waals surface area contributed by atoms with Crippen LogP contribution in [0, 0.1) is 5.92 Å². The van der Waals surface area contributed by atoms with Gasteiger partial charge >= 0.3 is 0 Å². The Morgan fingerprint density at radius 1 is 1.09 bits per heavy atom. The molecule has 0 unspecified atom stereocenters. The van der Waals surface area contributed by atoms with Crippen molar-refractivity contribution >= 4 is 5.91 Å². The molecular formula is C19H33NO3. The summed E-state index contributed by atoms with van der Waals surface area (Å²) in [7, 11) is 0. The lowest BCUT2D eigenvalue weighted by Gasteiger charge is -2.43. The van der Waals surface area contributed by atoms with Gasteiger partial charge in [-0.2, -0.15) is 0 Å². The second-order valence-electron chi connectivity index (χ2n) is 8.08. The molecule has 1 saturated heterocycles. The maximum absolute atomic E-state index is 12.7. The molecule has 0 aromatic heterocycles. The molecule has 3 rings (SSSR count). The second kappa shape index (κ2) is 7.52. The molecule has 0 radical (unpaired) electrons. The molecule has 0 spiro atoms. The number of nitrogens with zero attached hydrogens (tertiary/aromatic N) is 1. The summed E-state index contributed by atoms with van der Waals surface area (Å²) in [4.78, 5) is 14.7. The minimum Gasteiger partial charge on any atom is -0.390 e. The molecule has 3 aliphatic rings. The van der Waals surface area contributed by atoms with Crippen molar-refractivity contribution in [2.45, 2.75) is 95.3 Å². The van der Waals surface area contributed by atoms with Crippen LogP contribution in [0.2, 0.25) is 0 Å². The second-order valence-corrected chi connectivity index (χ2v) is 8.08. The van der Waals surface area contributed by atoms with Crippen molar-refractivity contribution in [3.63, 3.8) is 0 Å². The fraction of sp³-hybridized carbons (Fsp3) is 0.947. The van der Waals surface area contributed by atoms with E-state index in [0.717, 1.165) is 51.5 Å². The van der Waals surface area contributed by atoms with Crippen LogP contribution in [-0.4, -0.2) is 46.8 Å². The molecule has 0 bridgehead atoms. The molecule has 0 aromatic rings. The zero-order valence-corrected chi connectivity index (χ0v) is 14.6. The van der Waals surface area contributed by atoms with Crippen LogP contribution in [0.25, 0.3) is 0 Å². The van der Waals surface area contributed by atoms with Gasteiger partial charge in [-0.25, -0.2) is 0 Å². The third kappa shape index (κ3) is 4.08. The van der Waals surface area contributed by atoms with E-state index in [1.807, 2.05) is 11.8 Å². The number of likely N-dealkylation sites (tertiary alicyclic amines) is 1. The van der Waals surface area contributed by atoms with Gasteiger partial charge in [-0.15, -0.1) is 0 Å². The molecule has 3 atom stereocenters. The molecule has 23 heavy (non-hydrogen) atoms. The van der Waals surface area contributed by atoms with E-state index >= 15 is 0 Å². The highest BCUT2D eigenvalue weighted by Gasteiger charge is 2.44. The van der Waals surface area contributed by atoms with Crippen LogP contribution in [0.15, 0.2) is 0 Å². The number of hydrogen-bond acceptors (Lipinski definition) is 3. The first-order valence-corrected chi connectivity index (χ1v) is 9.71. The van der Waals surface area contributed by atoms with Gasteiger partial charge in [0.1, 0.15) is 6.61 Å². The lowest BCUT2D eigenvalue weighted by molar-refractivity contribution is -0.144. The highest BCUT2D eigenvalue weighted by Crippen LogP contribution is 2.40. The number of carbonyl (C=O) groups excluding carboxylic acids is 1. The van der Waals surface area contributed by atoms with Gasteiger partial charge in [0.15, 0.2) is 0 Å². The Labute approximate surface area is 140 Å². The molecule has 132 valence electrons. The summed E-state index contributed by atoms with van der Waals surface area (Å²) in [6, 6.07) is 0.216. The standard InChI is InChI=1S/C19H33NO3/c1-19(22)12-6-5-10-16(19)17-11-7-13-20(17)18(21)14-23-15-8-3-2-4-9-15/h15-17,22H,2-14H2,1H3/t16-,17-,19+/m1/s1. The summed E-state index contributed by atoms with van der Waals surface area (Å²) in [5, 5.41) is 10.8. The predicted octanol–water partition coefficient (Wildman–Crippen LogP) is 3.27. The third-order valence-corrected chi connectivity index (χ3v) is 6.33. The molecular weight excluding hydrogens is 290 g/mol. The molecule has 1 N–H and O–H groups in total. The summed E-state index contributed by atoms with van der Waals surface area (Å²) in [5.74, 6) is 0.372. The summed E-state index contributed by atoms with van der Waals surface area (Å²) < 4.78 is 5.89. The monoisotopic (exact) mass is 323 g/mol. The van der Waals surface area contributed by atoms with Crippen LogP contribution in [0.3, 0.4) is 0 Å². The zero-order chi connectivity index (χ0) is 16.3. The smallest absolute Gasteiger partial charge is 0.248 e. The molecule has 4 nitrogen and oxygen atoms in total. The number of carbonyl (C=O) groups is 1. The molecule has 4 heteroatoms. The number of hydrogen-bond donors (Lipinski definition) is 1. The Morgan fingerprint density at radius 3 is 2.57 bits per heavy atom. The van der Waals surface area contributed by atoms with Gasteiger partial charge in [0, 0.05) is 18.5 Å². The van der Waals surface area contributed by atoms with Crippen molar-refractivity contribution in [2.75, 3.05) is 13.2 Å². The van der Waals surface area contributed by atoms with Crippen LogP contribution in [0.5, 0.6) is 0 Å². The van der Waals surface area contributed by atoms with Gasteiger partial charge in [0.2, 0.25) is 5.91 Å². The van der Waals surface area contributed by atoms with Gasteiger partial charge in [-0.3, -0.25) is 4.79 Å². The van der Waals surface area contributed by atoms with Gasteiger partial charge < -0.3 is 14.7 Å². The Balaban J connectivity index is 1.56. The normalized spacial score (nSPS) is 36.3. The van der Waals surface area contributed by atoms with Crippen LogP contribution in [0.1, 0.15) is 77.6 Å². The molecule has 2 saturated carbocycles. The first kappa shape index (κ1) is 17.2. The van der Waals surface area contributed by atoms with Gasteiger partial charge in [-0.1, -0.05) is 32.1 Å². The average Bonchev–Trinajstić information content (AvgIpc) is 3.02. The number of ether oxygens (including phenoxy) is 1. The van der Waals surface area contributed by atoms with Gasteiger partial charge in [0.05, 0.1) is 11.7 Å². The topological polar surface area (TPSA) is 49.8 Å². The summed E-state index contributed by atoms with van der Waals surface area (Å²) >= 11 is 0. The molecule has 1 heterocycles. The fourth-order valence-corrected chi connectivity index (χ4v) is 4.97.